The van der Waals surface area contributed by atoms with Crippen molar-refractivity contribution in [2.75, 3.05) is 18.4 Å². The Morgan fingerprint density at radius 3 is 3.00 bits per heavy atom. The molecule has 0 aliphatic carbocycles. The minimum atomic E-state index is -0.451. The molecule has 0 saturated carbocycles. The highest BCUT2D eigenvalue weighted by molar-refractivity contribution is 5.87. The van der Waals surface area contributed by atoms with Gasteiger partial charge in [0.25, 0.3) is 5.56 Å². The van der Waals surface area contributed by atoms with Crippen LogP contribution in [0.15, 0.2) is 15.9 Å². The number of nitrogens with one attached hydrogen (secondary N) is 3. The molecule has 0 radical (unpaired) electrons. The number of aryl methyl sites for hydroxylation is 1. The minimum Gasteiger partial charge on any atom is -0.338 e. The summed E-state index contributed by atoms with van der Waals surface area (Å²) in [5.41, 5.74) is 0.195. The fourth-order valence-corrected chi connectivity index (χ4v) is 1.35. The SMILES string of the molecule is Cc1cc(=O)[nH]c(NC(=O)NCCCCN=C=O)n1. The number of unbranched alkanes of at least 4 members (excludes halogenated alkanes) is 1. The second kappa shape index (κ2) is 7.78. The molecular weight excluding hydrogens is 250 g/mol. The number of rotatable bonds is 6. The van der Waals surface area contributed by atoms with Crippen molar-refractivity contribution in [1.82, 2.24) is 15.3 Å². The Balaban J connectivity index is 2.31. The van der Waals surface area contributed by atoms with Crippen LogP contribution in [0.1, 0.15) is 18.5 Å². The molecule has 0 bridgehead atoms. The summed E-state index contributed by atoms with van der Waals surface area (Å²) in [6, 6.07) is 0.879. The van der Waals surface area contributed by atoms with Gasteiger partial charge in [0.15, 0.2) is 0 Å². The van der Waals surface area contributed by atoms with E-state index >= 15 is 0 Å². The summed E-state index contributed by atoms with van der Waals surface area (Å²) in [5.74, 6) is 0.105. The van der Waals surface area contributed by atoms with E-state index < -0.39 is 6.03 Å². The highest BCUT2D eigenvalue weighted by Gasteiger charge is 2.03. The second-order valence-electron chi connectivity index (χ2n) is 3.80. The van der Waals surface area contributed by atoms with Crippen molar-refractivity contribution in [3.8, 4) is 0 Å². The molecule has 0 spiro atoms. The van der Waals surface area contributed by atoms with E-state index in [-0.39, 0.29) is 11.5 Å². The summed E-state index contributed by atoms with van der Waals surface area (Å²) < 4.78 is 0. The Kier molecular flexibility index (Phi) is 5.97. The van der Waals surface area contributed by atoms with Crippen LogP contribution < -0.4 is 16.2 Å². The number of carbonyl (C=O) groups excluding carboxylic acids is 2. The van der Waals surface area contributed by atoms with Gasteiger partial charge in [0.1, 0.15) is 0 Å². The lowest BCUT2D eigenvalue weighted by Crippen LogP contribution is -2.31. The van der Waals surface area contributed by atoms with Gasteiger partial charge >= 0.3 is 6.03 Å². The Morgan fingerprint density at radius 2 is 2.32 bits per heavy atom. The lowest BCUT2D eigenvalue weighted by Gasteiger charge is -2.06. The Morgan fingerprint density at radius 1 is 1.53 bits per heavy atom. The summed E-state index contributed by atoms with van der Waals surface area (Å²) in [6.45, 7) is 2.50. The molecule has 0 atom stereocenters. The maximum absolute atomic E-state index is 11.5. The summed E-state index contributed by atoms with van der Waals surface area (Å²) >= 11 is 0. The van der Waals surface area contributed by atoms with Gasteiger partial charge in [-0.25, -0.2) is 19.6 Å². The number of anilines is 1. The standard InChI is InChI=1S/C11H15N5O3/c1-8-6-9(18)15-10(14-8)16-11(19)13-5-3-2-4-12-7-17/h6H,2-5H2,1H3,(H3,13,14,15,16,18,19). The topological polar surface area (TPSA) is 116 Å². The van der Waals surface area contributed by atoms with Crippen LogP contribution in [0.4, 0.5) is 10.7 Å². The van der Waals surface area contributed by atoms with E-state index in [1.165, 1.54) is 12.1 Å². The predicted octanol–water partition coefficient (Wildman–Crippen LogP) is 0.316. The number of aromatic nitrogens is 2. The quantitative estimate of drug-likeness (QED) is 0.390. The highest BCUT2D eigenvalue weighted by atomic mass is 16.2. The zero-order valence-electron chi connectivity index (χ0n) is 10.5. The fourth-order valence-electron chi connectivity index (χ4n) is 1.35. The number of amides is 2. The lowest BCUT2D eigenvalue weighted by molar-refractivity contribution is 0.251. The van der Waals surface area contributed by atoms with E-state index in [1.807, 2.05) is 0 Å². The van der Waals surface area contributed by atoms with E-state index in [1.54, 1.807) is 6.92 Å². The molecule has 0 aliphatic heterocycles. The van der Waals surface area contributed by atoms with Gasteiger partial charge in [-0.15, -0.1) is 0 Å². The lowest BCUT2D eigenvalue weighted by atomic mass is 10.3. The number of urea groups is 1. The van der Waals surface area contributed by atoms with Crippen LogP contribution in [0, 0.1) is 6.92 Å². The molecule has 0 aromatic carbocycles. The molecule has 1 rings (SSSR count). The highest BCUT2D eigenvalue weighted by Crippen LogP contribution is 1.95. The summed E-state index contributed by atoms with van der Waals surface area (Å²) in [4.78, 5) is 42.1. The van der Waals surface area contributed by atoms with E-state index in [4.69, 9.17) is 0 Å². The summed E-state index contributed by atoms with van der Waals surface area (Å²) in [6.07, 6.45) is 2.82. The third-order valence-corrected chi connectivity index (χ3v) is 2.15. The van der Waals surface area contributed by atoms with Crippen LogP contribution in [0.2, 0.25) is 0 Å². The molecule has 3 N–H and O–H groups in total. The van der Waals surface area contributed by atoms with Gasteiger partial charge < -0.3 is 5.32 Å². The fraction of sp³-hybridized carbons (Fsp3) is 0.455. The molecule has 0 fully saturated rings. The van der Waals surface area contributed by atoms with Gasteiger partial charge in [-0.05, 0) is 19.8 Å². The van der Waals surface area contributed by atoms with Crippen molar-refractivity contribution in [3.05, 3.63) is 22.1 Å². The molecule has 102 valence electrons. The Hall–Kier alpha value is -2.47. The monoisotopic (exact) mass is 265 g/mol. The number of H-pyrrole nitrogens is 1. The van der Waals surface area contributed by atoms with Gasteiger partial charge in [0.2, 0.25) is 12.0 Å². The molecule has 1 aromatic heterocycles. The smallest absolute Gasteiger partial charge is 0.321 e. The molecule has 8 heteroatoms. The number of nitrogens with zero attached hydrogens (tertiary/aromatic N) is 2. The minimum absolute atomic E-state index is 0.105. The molecule has 2 amide bonds. The van der Waals surface area contributed by atoms with Crippen molar-refractivity contribution in [2.45, 2.75) is 19.8 Å². The first-order valence-corrected chi connectivity index (χ1v) is 5.78. The Labute approximate surface area is 109 Å². The first-order chi connectivity index (χ1) is 9.11. The zero-order valence-corrected chi connectivity index (χ0v) is 10.5. The van der Waals surface area contributed by atoms with Crippen molar-refractivity contribution >= 4 is 18.1 Å². The number of hydrogen-bond donors (Lipinski definition) is 3. The van der Waals surface area contributed by atoms with Crippen molar-refractivity contribution in [3.63, 3.8) is 0 Å². The number of aromatic amines is 1. The molecule has 0 aliphatic rings. The number of aliphatic imine (C=N–C) groups is 1. The summed E-state index contributed by atoms with van der Waals surface area (Å²) in [7, 11) is 0. The molecule has 0 saturated heterocycles. The number of isocyanates is 1. The van der Waals surface area contributed by atoms with Crippen molar-refractivity contribution < 1.29 is 9.59 Å². The van der Waals surface area contributed by atoms with Crippen LogP contribution >= 0.6 is 0 Å². The van der Waals surface area contributed by atoms with Crippen LogP contribution in [-0.4, -0.2) is 35.2 Å². The average Bonchev–Trinajstić information content (AvgIpc) is 2.32. The average molecular weight is 265 g/mol. The van der Waals surface area contributed by atoms with Gasteiger partial charge in [-0.1, -0.05) is 0 Å². The molecule has 8 nitrogen and oxygen atoms in total. The van der Waals surface area contributed by atoms with Crippen LogP contribution in [0.5, 0.6) is 0 Å². The normalized spacial score (nSPS) is 9.53. The van der Waals surface area contributed by atoms with Crippen LogP contribution in [0.3, 0.4) is 0 Å². The predicted molar refractivity (Wildman–Crippen MR) is 68.8 cm³/mol. The van der Waals surface area contributed by atoms with Crippen LogP contribution in [0.25, 0.3) is 0 Å². The first-order valence-electron chi connectivity index (χ1n) is 5.78. The van der Waals surface area contributed by atoms with Crippen molar-refractivity contribution in [2.24, 2.45) is 4.99 Å². The van der Waals surface area contributed by atoms with E-state index in [0.29, 0.717) is 31.6 Å². The Bertz CT molecular complexity index is 533. The van der Waals surface area contributed by atoms with E-state index in [0.717, 1.165) is 0 Å². The maximum atomic E-state index is 11.5. The van der Waals surface area contributed by atoms with Gasteiger partial charge in [-0.2, -0.15) is 0 Å². The number of carbonyl (C=O) groups is 1. The van der Waals surface area contributed by atoms with Gasteiger partial charge in [0.05, 0.1) is 6.54 Å². The molecule has 1 heterocycles. The summed E-state index contributed by atoms with van der Waals surface area (Å²) in [5, 5.41) is 5.02. The largest absolute Gasteiger partial charge is 0.338 e. The van der Waals surface area contributed by atoms with E-state index in [9.17, 15) is 14.4 Å². The molecular formula is C11H15N5O3. The maximum Gasteiger partial charge on any atom is 0.321 e. The van der Waals surface area contributed by atoms with Crippen molar-refractivity contribution in [1.29, 1.82) is 0 Å². The first kappa shape index (κ1) is 14.6. The second-order valence-corrected chi connectivity index (χ2v) is 3.80. The van der Waals surface area contributed by atoms with Gasteiger partial charge in [-0.3, -0.25) is 15.1 Å². The van der Waals surface area contributed by atoms with Crippen LogP contribution in [-0.2, 0) is 4.79 Å². The molecule has 1 aromatic rings. The third kappa shape index (κ3) is 6.13. The zero-order chi connectivity index (χ0) is 14.1. The number of hydrogen-bond acceptors (Lipinski definition) is 5. The molecule has 0 unspecified atom stereocenters. The molecule has 19 heavy (non-hydrogen) atoms. The van der Waals surface area contributed by atoms with E-state index in [2.05, 4.69) is 25.6 Å². The van der Waals surface area contributed by atoms with Gasteiger partial charge in [0, 0.05) is 18.3 Å². The third-order valence-electron chi connectivity index (χ3n) is 2.15.